The number of fused-ring (bicyclic) bond motifs is 1. The van der Waals surface area contributed by atoms with Gasteiger partial charge in [-0.1, -0.05) is 11.6 Å². The highest BCUT2D eigenvalue weighted by Crippen LogP contribution is 2.31. The number of likely N-dealkylation sites (tertiary alicyclic amines) is 1. The first-order chi connectivity index (χ1) is 13.4. The van der Waals surface area contributed by atoms with Crippen LogP contribution in [0.3, 0.4) is 0 Å². The molecule has 7 heteroatoms. The minimum Gasteiger partial charge on any atom is -0.478 e. The highest BCUT2D eigenvalue weighted by Gasteiger charge is 2.28. The van der Waals surface area contributed by atoms with Gasteiger partial charge in [-0.3, -0.25) is 4.79 Å². The number of carbonyl (C=O) groups excluding carboxylic acids is 1. The molecular formula is C21H19ClN2O4. The van der Waals surface area contributed by atoms with Crippen LogP contribution in [0.4, 0.5) is 0 Å². The van der Waals surface area contributed by atoms with Gasteiger partial charge in [-0.25, -0.2) is 9.78 Å². The van der Waals surface area contributed by atoms with Crippen LogP contribution in [-0.4, -0.2) is 40.0 Å². The quantitative estimate of drug-likeness (QED) is 0.701. The molecule has 144 valence electrons. The summed E-state index contributed by atoms with van der Waals surface area (Å²) in [5, 5.41) is 9.83. The summed E-state index contributed by atoms with van der Waals surface area (Å²) in [6.45, 7) is 2.92. The summed E-state index contributed by atoms with van der Waals surface area (Å²) in [6.07, 6.45) is 1.48. The van der Waals surface area contributed by atoms with Crippen molar-refractivity contribution in [3.63, 3.8) is 0 Å². The summed E-state index contributed by atoms with van der Waals surface area (Å²) in [6, 6.07) is 10.1. The molecule has 2 aromatic carbocycles. The van der Waals surface area contributed by atoms with Gasteiger partial charge in [0.05, 0.1) is 5.56 Å². The second-order valence-corrected chi connectivity index (χ2v) is 7.56. The maximum atomic E-state index is 12.8. The lowest BCUT2D eigenvalue weighted by Crippen LogP contribution is -2.38. The molecule has 0 aliphatic carbocycles. The van der Waals surface area contributed by atoms with Gasteiger partial charge in [0.15, 0.2) is 11.5 Å². The van der Waals surface area contributed by atoms with Gasteiger partial charge >= 0.3 is 5.97 Å². The van der Waals surface area contributed by atoms with E-state index >= 15 is 0 Å². The third-order valence-electron chi connectivity index (χ3n) is 5.07. The number of carbonyl (C=O) groups is 2. The number of amides is 1. The average Bonchev–Trinajstić information content (AvgIpc) is 3.10. The second-order valence-electron chi connectivity index (χ2n) is 7.12. The third kappa shape index (κ3) is 3.60. The molecular weight excluding hydrogens is 380 g/mol. The van der Waals surface area contributed by atoms with E-state index in [0.717, 1.165) is 23.9 Å². The summed E-state index contributed by atoms with van der Waals surface area (Å²) in [7, 11) is 0. The van der Waals surface area contributed by atoms with Gasteiger partial charge in [0.2, 0.25) is 0 Å². The zero-order chi connectivity index (χ0) is 19.8. The molecule has 0 spiro atoms. The zero-order valence-corrected chi connectivity index (χ0v) is 16.1. The Hall–Kier alpha value is -2.86. The van der Waals surface area contributed by atoms with Crippen LogP contribution in [0.1, 0.15) is 50.9 Å². The molecule has 4 rings (SSSR count). The van der Waals surface area contributed by atoms with E-state index in [1.807, 2.05) is 6.07 Å². The van der Waals surface area contributed by atoms with Gasteiger partial charge in [-0.15, -0.1) is 0 Å². The fourth-order valence-electron chi connectivity index (χ4n) is 3.64. The van der Waals surface area contributed by atoms with Gasteiger partial charge < -0.3 is 14.4 Å². The number of oxazole rings is 1. The number of carboxylic acid groups (broad SMARTS) is 1. The molecule has 28 heavy (non-hydrogen) atoms. The summed E-state index contributed by atoms with van der Waals surface area (Å²) >= 11 is 6.01. The molecule has 0 bridgehead atoms. The van der Waals surface area contributed by atoms with Crippen molar-refractivity contribution in [2.75, 3.05) is 13.1 Å². The van der Waals surface area contributed by atoms with E-state index in [1.54, 1.807) is 36.1 Å². The number of carboxylic acids is 1. The molecule has 1 saturated heterocycles. The smallest absolute Gasteiger partial charge is 0.335 e. The number of aromatic nitrogens is 1. The number of nitrogens with zero attached hydrogens (tertiary/aromatic N) is 2. The summed E-state index contributed by atoms with van der Waals surface area (Å²) in [5.41, 5.74) is 2.74. The first-order valence-corrected chi connectivity index (χ1v) is 9.49. The fourth-order valence-corrected chi connectivity index (χ4v) is 3.80. The SMILES string of the molecule is Cc1cc(C(=O)O)cc(C(=O)N2CCC(c3nc4cc(Cl)ccc4o3)CC2)c1. The van der Waals surface area contributed by atoms with Gasteiger partial charge in [0.1, 0.15) is 5.52 Å². The number of halogens is 1. The first-order valence-electron chi connectivity index (χ1n) is 9.11. The molecule has 0 atom stereocenters. The van der Waals surface area contributed by atoms with Crippen molar-refractivity contribution in [3.8, 4) is 0 Å². The Morgan fingerprint density at radius 3 is 2.57 bits per heavy atom. The van der Waals surface area contributed by atoms with E-state index in [2.05, 4.69) is 4.98 Å². The second kappa shape index (κ2) is 7.28. The Labute approximate surface area is 166 Å². The van der Waals surface area contributed by atoms with Crippen molar-refractivity contribution in [3.05, 3.63) is 64.0 Å². The standard InChI is InChI=1S/C21H19ClN2O4/c1-12-8-14(10-15(9-12)21(26)27)20(25)24-6-4-13(5-7-24)19-23-17-11-16(22)2-3-18(17)28-19/h2-3,8-11,13H,4-7H2,1H3,(H,26,27). The lowest BCUT2D eigenvalue weighted by molar-refractivity contribution is 0.0696. The Kier molecular flexibility index (Phi) is 4.81. The van der Waals surface area contributed by atoms with E-state index < -0.39 is 5.97 Å². The van der Waals surface area contributed by atoms with E-state index in [4.69, 9.17) is 16.0 Å². The van der Waals surface area contributed by atoms with Crippen LogP contribution in [0.5, 0.6) is 0 Å². The Bertz CT molecular complexity index is 1070. The van der Waals surface area contributed by atoms with Crippen molar-refractivity contribution in [2.24, 2.45) is 0 Å². The minimum atomic E-state index is -1.03. The van der Waals surface area contributed by atoms with E-state index in [1.165, 1.54) is 6.07 Å². The normalized spacial score (nSPS) is 15.1. The van der Waals surface area contributed by atoms with Crippen molar-refractivity contribution in [1.82, 2.24) is 9.88 Å². The molecule has 1 aliphatic rings. The van der Waals surface area contributed by atoms with Crippen LogP contribution in [0.15, 0.2) is 40.8 Å². The Balaban J connectivity index is 1.47. The van der Waals surface area contributed by atoms with Crippen molar-refractivity contribution >= 4 is 34.6 Å². The van der Waals surface area contributed by atoms with Crippen molar-refractivity contribution < 1.29 is 19.1 Å². The summed E-state index contributed by atoms with van der Waals surface area (Å²) < 4.78 is 5.86. The maximum absolute atomic E-state index is 12.8. The first kappa shape index (κ1) is 18.5. The minimum absolute atomic E-state index is 0.128. The van der Waals surface area contributed by atoms with E-state index in [-0.39, 0.29) is 17.4 Å². The Morgan fingerprint density at radius 2 is 1.86 bits per heavy atom. The molecule has 1 aromatic heterocycles. The molecule has 6 nitrogen and oxygen atoms in total. The highest BCUT2D eigenvalue weighted by molar-refractivity contribution is 6.31. The van der Waals surface area contributed by atoms with Crippen LogP contribution in [0.25, 0.3) is 11.1 Å². The van der Waals surface area contributed by atoms with Crippen molar-refractivity contribution in [2.45, 2.75) is 25.7 Å². The van der Waals surface area contributed by atoms with Crippen LogP contribution in [-0.2, 0) is 0 Å². The summed E-state index contributed by atoms with van der Waals surface area (Å²) in [5.74, 6) is -0.364. The average molecular weight is 399 g/mol. The van der Waals surface area contributed by atoms with Crippen LogP contribution < -0.4 is 0 Å². The van der Waals surface area contributed by atoms with Gasteiger partial charge in [-0.05, 0) is 61.7 Å². The third-order valence-corrected chi connectivity index (χ3v) is 5.30. The van der Waals surface area contributed by atoms with E-state index in [9.17, 15) is 14.7 Å². The van der Waals surface area contributed by atoms with Gasteiger partial charge in [0, 0.05) is 29.6 Å². The zero-order valence-electron chi connectivity index (χ0n) is 15.3. The molecule has 0 radical (unpaired) electrons. The largest absolute Gasteiger partial charge is 0.478 e. The number of benzene rings is 2. The van der Waals surface area contributed by atoms with Gasteiger partial charge in [0.25, 0.3) is 5.91 Å². The molecule has 0 saturated carbocycles. The summed E-state index contributed by atoms with van der Waals surface area (Å²) in [4.78, 5) is 30.4. The number of piperidine rings is 1. The van der Waals surface area contributed by atoms with Crippen LogP contribution in [0, 0.1) is 6.92 Å². The van der Waals surface area contributed by atoms with Crippen LogP contribution in [0.2, 0.25) is 5.02 Å². The van der Waals surface area contributed by atoms with E-state index in [0.29, 0.717) is 35.1 Å². The lowest BCUT2D eigenvalue weighted by atomic mass is 9.96. The van der Waals surface area contributed by atoms with Crippen LogP contribution >= 0.6 is 11.6 Å². The number of hydrogen-bond donors (Lipinski definition) is 1. The van der Waals surface area contributed by atoms with Crippen molar-refractivity contribution in [1.29, 1.82) is 0 Å². The fraction of sp³-hybridized carbons (Fsp3) is 0.286. The maximum Gasteiger partial charge on any atom is 0.335 e. The molecule has 1 aliphatic heterocycles. The Morgan fingerprint density at radius 1 is 1.14 bits per heavy atom. The van der Waals surface area contributed by atoms with Gasteiger partial charge in [-0.2, -0.15) is 0 Å². The molecule has 1 N–H and O–H groups in total. The number of hydrogen-bond acceptors (Lipinski definition) is 4. The molecule has 3 aromatic rings. The molecule has 2 heterocycles. The predicted molar refractivity (Wildman–Crippen MR) is 105 cm³/mol. The monoisotopic (exact) mass is 398 g/mol. The molecule has 1 amide bonds. The topological polar surface area (TPSA) is 83.6 Å². The molecule has 0 unspecified atom stereocenters. The lowest BCUT2D eigenvalue weighted by Gasteiger charge is -2.30. The number of aryl methyl sites for hydroxylation is 1. The number of aromatic carboxylic acids is 1. The molecule has 1 fully saturated rings. The highest BCUT2D eigenvalue weighted by atomic mass is 35.5. The number of rotatable bonds is 3. The predicted octanol–water partition coefficient (Wildman–Crippen LogP) is 4.51.